The van der Waals surface area contributed by atoms with E-state index in [0.29, 0.717) is 0 Å². The lowest BCUT2D eigenvalue weighted by Crippen LogP contribution is -2.11. The van der Waals surface area contributed by atoms with Crippen molar-refractivity contribution in [2.24, 2.45) is 0 Å². The van der Waals surface area contributed by atoms with E-state index in [2.05, 4.69) is 270 Å². The van der Waals surface area contributed by atoms with Gasteiger partial charge in [-0.25, -0.2) is 0 Å². The molecule has 13 rings (SSSR count). The minimum Gasteiger partial charge on any atom is -0.456 e. The van der Waals surface area contributed by atoms with Crippen LogP contribution in [0, 0.1) is 0 Å². The predicted octanol–water partition coefficient (Wildman–Crippen LogP) is 18.5. The normalized spacial score (nSPS) is 11.5. The maximum Gasteiger partial charge on any atom is 0.136 e. The van der Waals surface area contributed by atoms with Gasteiger partial charge in [0.05, 0.1) is 16.7 Å². The highest BCUT2D eigenvalue weighted by Crippen LogP contribution is 2.45. The van der Waals surface area contributed by atoms with Crippen LogP contribution in [0.4, 0.5) is 17.1 Å². The molecule has 0 atom stereocenters. The van der Waals surface area contributed by atoms with Crippen molar-refractivity contribution >= 4 is 60.8 Å². The van der Waals surface area contributed by atoms with E-state index in [1.54, 1.807) is 0 Å². The highest BCUT2D eigenvalue weighted by atomic mass is 16.3. The van der Waals surface area contributed by atoms with Crippen LogP contribution in [0.1, 0.15) is 0 Å². The van der Waals surface area contributed by atoms with Gasteiger partial charge in [-0.3, -0.25) is 0 Å². The number of fused-ring (bicyclic) bond motifs is 6. The van der Waals surface area contributed by atoms with E-state index in [1.165, 1.54) is 49.6 Å². The van der Waals surface area contributed by atoms with Crippen LogP contribution in [0.15, 0.2) is 271 Å². The zero-order valence-electron chi connectivity index (χ0n) is 37.7. The number of furan rings is 1. The molecule has 324 valence electrons. The molecule has 0 radical (unpaired) electrons. The SMILES string of the molecule is c1ccc(-c2ccc(-c3ccc(N(c4ccc(-c5cccc(-c6cccc(-n7c8ccccc8c8ccccc87)c6)c5)cc4)c4ccccc4-c4cccc5oc6ccccc6c45)cc3)cc2)cc1. The first kappa shape index (κ1) is 40.1. The van der Waals surface area contributed by atoms with E-state index < -0.39 is 0 Å². The molecule has 3 nitrogen and oxygen atoms in total. The molecular formula is C66H44N2O. The van der Waals surface area contributed by atoms with Crippen LogP contribution in [0.2, 0.25) is 0 Å². The molecule has 0 bridgehead atoms. The number of rotatable bonds is 9. The molecule has 0 fully saturated rings. The third-order valence-corrected chi connectivity index (χ3v) is 13.6. The van der Waals surface area contributed by atoms with Crippen molar-refractivity contribution in [2.45, 2.75) is 0 Å². The standard InChI is InChI=1S/C66H44N2O/c1-2-15-45(16-3-1)46-31-33-47(34-32-46)48-35-39-53(40-36-48)67(61-26-8-6-23-58(61)59-25-14-30-65-66(59)60-24-7-11-29-64(60)69-65)54-41-37-49(38-42-54)50-17-12-18-51(43-50)52-19-13-20-55(44-52)68-62-27-9-4-21-56(62)57-22-5-10-28-63(57)68/h1-44H. The predicted molar refractivity (Wildman–Crippen MR) is 290 cm³/mol. The van der Waals surface area contributed by atoms with Crippen molar-refractivity contribution in [3.05, 3.63) is 267 Å². The minimum absolute atomic E-state index is 0.878. The van der Waals surface area contributed by atoms with Gasteiger partial charge in [-0.2, -0.15) is 0 Å². The maximum absolute atomic E-state index is 6.40. The van der Waals surface area contributed by atoms with Gasteiger partial charge in [-0.15, -0.1) is 0 Å². The van der Waals surface area contributed by atoms with Crippen LogP contribution >= 0.6 is 0 Å². The number of hydrogen-bond donors (Lipinski definition) is 0. The van der Waals surface area contributed by atoms with Gasteiger partial charge in [0.25, 0.3) is 0 Å². The topological polar surface area (TPSA) is 21.3 Å². The molecule has 3 heteroatoms. The number of hydrogen-bond acceptors (Lipinski definition) is 2. The highest BCUT2D eigenvalue weighted by Gasteiger charge is 2.21. The Balaban J connectivity index is 0.883. The van der Waals surface area contributed by atoms with Crippen LogP contribution in [-0.4, -0.2) is 4.57 Å². The number of benzene rings is 11. The van der Waals surface area contributed by atoms with Crippen LogP contribution in [0.25, 0.3) is 105 Å². The summed E-state index contributed by atoms with van der Waals surface area (Å²) in [6.07, 6.45) is 0. The van der Waals surface area contributed by atoms with Crippen LogP contribution in [0.3, 0.4) is 0 Å². The van der Waals surface area contributed by atoms with Crippen molar-refractivity contribution < 1.29 is 4.42 Å². The summed E-state index contributed by atoms with van der Waals surface area (Å²) in [6.45, 7) is 0. The lowest BCUT2D eigenvalue weighted by molar-refractivity contribution is 0.669. The zero-order valence-corrected chi connectivity index (χ0v) is 37.7. The summed E-state index contributed by atoms with van der Waals surface area (Å²) < 4.78 is 8.79. The third kappa shape index (κ3) is 7.16. The highest BCUT2D eigenvalue weighted by molar-refractivity contribution is 6.14. The second-order valence-electron chi connectivity index (χ2n) is 17.7. The smallest absolute Gasteiger partial charge is 0.136 e. The van der Waals surface area contributed by atoms with Crippen LogP contribution in [0.5, 0.6) is 0 Å². The summed E-state index contributed by atoms with van der Waals surface area (Å²) in [6, 6.07) is 96.1. The maximum atomic E-state index is 6.40. The zero-order chi connectivity index (χ0) is 45.7. The molecule has 69 heavy (non-hydrogen) atoms. The molecule has 13 aromatic rings. The van der Waals surface area contributed by atoms with Gasteiger partial charge in [0, 0.05) is 44.2 Å². The quantitative estimate of drug-likeness (QED) is 0.144. The number of aromatic nitrogens is 1. The van der Waals surface area contributed by atoms with Gasteiger partial charge in [-0.05, 0) is 123 Å². The second-order valence-corrected chi connectivity index (χ2v) is 17.7. The summed E-state index contributed by atoms with van der Waals surface area (Å²) in [5, 5.41) is 4.75. The summed E-state index contributed by atoms with van der Waals surface area (Å²) >= 11 is 0. The van der Waals surface area contributed by atoms with Gasteiger partial charge in [0.2, 0.25) is 0 Å². The third-order valence-electron chi connectivity index (χ3n) is 13.6. The van der Waals surface area contributed by atoms with E-state index in [1.807, 2.05) is 6.07 Å². The molecule has 11 aromatic carbocycles. The first-order valence-corrected chi connectivity index (χ1v) is 23.6. The Morgan fingerprint density at radius 1 is 0.290 bits per heavy atom. The molecule has 0 unspecified atom stereocenters. The van der Waals surface area contributed by atoms with Crippen LogP contribution in [-0.2, 0) is 0 Å². The molecule has 0 aliphatic rings. The summed E-state index contributed by atoms with van der Waals surface area (Å²) in [5.74, 6) is 0. The molecule has 0 spiro atoms. The Labute approximate surface area is 401 Å². The molecule has 2 heterocycles. The Hall–Kier alpha value is -9.18. The van der Waals surface area contributed by atoms with Crippen molar-refractivity contribution in [3.63, 3.8) is 0 Å². The Bertz CT molecular complexity index is 3940. The second kappa shape index (κ2) is 16.9. The molecule has 2 aromatic heterocycles. The van der Waals surface area contributed by atoms with E-state index in [0.717, 1.165) is 72.5 Å². The lowest BCUT2D eigenvalue weighted by atomic mass is 9.96. The molecule has 0 saturated carbocycles. The van der Waals surface area contributed by atoms with E-state index >= 15 is 0 Å². The number of nitrogens with zero attached hydrogens (tertiary/aromatic N) is 2. The fourth-order valence-electron chi connectivity index (χ4n) is 10.3. The number of para-hydroxylation sites is 4. The van der Waals surface area contributed by atoms with Crippen LogP contribution < -0.4 is 4.90 Å². The Morgan fingerprint density at radius 2 is 0.725 bits per heavy atom. The van der Waals surface area contributed by atoms with E-state index in [4.69, 9.17) is 4.42 Å². The van der Waals surface area contributed by atoms with Gasteiger partial charge in [0.1, 0.15) is 11.2 Å². The van der Waals surface area contributed by atoms with Crippen molar-refractivity contribution in [2.75, 3.05) is 4.90 Å². The lowest BCUT2D eigenvalue weighted by Gasteiger charge is -2.28. The molecule has 0 aliphatic carbocycles. The summed E-state index contributed by atoms with van der Waals surface area (Å²) in [7, 11) is 0. The molecule has 0 N–H and O–H groups in total. The van der Waals surface area contributed by atoms with Gasteiger partial charge < -0.3 is 13.9 Å². The Kier molecular flexibility index (Phi) is 9.84. The summed E-state index contributed by atoms with van der Waals surface area (Å²) in [4.78, 5) is 2.39. The van der Waals surface area contributed by atoms with Gasteiger partial charge >= 0.3 is 0 Å². The van der Waals surface area contributed by atoms with Gasteiger partial charge in [-0.1, -0.05) is 194 Å². The molecular weight excluding hydrogens is 837 g/mol. The monoisotopic (exact) mass is 880 g/mol. The number of anilines is 3. The largest absolute Gasteiger partial charge is 0.456 e. The molecule has 0 saturated heterocycles. The summed E-state index contributed by atoms with van der Waals surface area (Å²) in [5.41, 5.74) is 20.2. The first-order valence-electron chi connectivity index (χ1n) is 23.6. The van der Waals surface area contributed by atoms with Gasteiger partial charge in [0.15, 0.2) is 0 Å². The average molecular weight is 881 g/mol. The first-order chi connectivity index (χ1) is 34.2. The Morgan fingerprint density at radius 3 is 1.39 bits per heavy atom. The minimum atomic E-state index is 0.878. The fraction of sp³-hybridized carbons (Fsp3) is 0. The average Bonchev–Trinajstić information content (AvgIpc) is 3.98. The van der Waals surface area contributed by atoms with E-state index in [9.17, 15) is 0 Å². The molecule has 0 amide bonds. The fourth-order valence-corrected chi connectivity index (χ4v) is 10.3. The molecule has 0 aliphatic heterocycles. The van der Waals surface area contributed by atoms with E-state index in [-0.39, 0.29) is 0 Å². The van der Waals surface area contributed by atoms with Crippen molar-refractivity contribution in [1.29, 1.82) is 0 Å². The van der Waals surface area contributed by atoms with Crippen molar-refractivity contribution in [1.82, 2.24) is 4.57 Å². The van der Waals surface area contributed by atoms with Crippen molar-refractivity contribution in [3.8, 4) is 61.3 Å².